The number of nitriles is 1. The van der Waals surface area contributed by atoms with Gasteiger partial charge in [-0.05, 0) is 94.0 Å². The molecule has 0 unspecified atom stereocenters. The highest BCUT2D eigenvalue weighted by molar-refractivity contribution is 6.13. The molecule has 1 aliphatic heterocycles. The lowest BCUT2D eigenvalue weighted by atomic mass is 9.97. The molecule has 1 aromatic heterocycles. The van der Waals surface area contributed by atoms with Gasteiger partial charge in [-0.1, -0.05) is 140 Å². The molecule has 0 spiro atoms. The summed E-state index contributed by atoms with van der Waals surface area (Å²) in [5.41, 5.74) is 17.7. The summed E-state index contributed by atoms with van der Waals surface area (Å²) in [6.07, 6.45) is 0. The first-order chi connectivity index (χ1) is 26.7. The van der Waals surface area contributed by atoms with Crippen molar-refractivity contribution in [2.75, 3.05) is 4.90 Å². The van der Waals surface area contributed by atoms with Gasteiger partial charge in [0.15, 0.2) is 0 Å². The van der Waals surface area contributed by atoms with E-state index in [4.69, 9.17) is 0 Å². The number of nitrogens with zero attached hydrogens (tertiary/aromatic N) is 3. The number of rotatable bonds is 5. The van der Waals surface area contributed by atoms with E-state index in [1.54, 1.807) is 0 Å². The van der Waals surface area contributed by atoms with E-state index in [1.807, 2.05) is 18.2 Å². The standard InChI is InChI=1S/C51H33N3/c52-34-35-14-13-19-39(30-35)38-26-28-42(29-27-38)53-47-23-10-7-20-44(47)50-45-21-8-11-24-48(45)54(51(50)46-22-9-12-25-49(46)53)43-32-40(36-15-3-1-4-16-36)31-41(33-43)37-17-5-2-6-18-37/h1-33H. The molecule has 0 saturated heterocycles. The zero-order valence-electron chi connectivity index (χ0n) is 29.4. The molecule has 2 heterocycles. The maximum Gasteiger partial charge on any atom is 0.0991 e. The number of aromatic nitrogens is 1. The van der Waals surface area contributed by atoms with E-state index in [9.17, 15) is 5.26 Å². The van der Waals surface area contributed by atoms with Gasteiger partial charge < -0.3 is 9.47 Å². The summed E-state index contributed by atoms with van der Waals surface area (Å²) < 4.78 is 2.48. The lowest BCUT2D eigenvalue weighted by Gasteiger charge is -2.27. The van der Waals surface area contributed by atoms with Gasteiger partial charge in [0, 0.05) is 33.5 Å². The van der Waals surface area contributed by atoms with Crippen LogP contribution in [0.25, 0.3) is 72.4 Å². The van der Waals surface area contributed by atoms with Gasteiger partial charge in [0.25, 0.3) is 0 Å². The molecule has 0 N–H and O–H groups in total. The van der Waals surface area contributed by atoms with Crippen LogP contribution in [-0.4, -0.2) is 4.57 Å². The van der Waals surface area contributed by atoms with Crippen molar-refractivity contribution < 1.29 is 0 Å². The fourth-order valence-electron chi connectivity index (χ4n) is 8.10. The van der Waals surface area contributed by atoms with Crippen molar-refractivity contribution >= 4 is 28.0 Å². The van der Waals surface area contributed by atoms with E-state index in [0.717, 1.165) is 50.7 Å². The third-order valence-electron chi connectivity index (χ3n) is 10.5. The van der Waals surface area contributed by atoms with Gasteiger partial charge in [-0.2, -0.15) is 5.26 Å². The Bertz CT molecular complexity index is 2820. The number of benzene rings is 8. The summed E-state index contributed by atoms with van der Waals surface area (Å²) in [6, 6.07) is 73.5. The molecular weight excluding hydrogens is 655 g/mol. The van der Waals surface area contributed by atoms with Crippen molar-refractivity contribution in [1.82, 2.24) is 4.57 Å². The van der Waals surface area contributed by atoms with Gasteiger partial charge in [-0.15, -0.1) is 0 Å². The molecule has 8 aromatic carbocycles. The van der Waals surface area contributed by atoms with E-state index < -0.39 is 0 Å². The molecule has 252 valence electrons. The highest BCUT2D eigenvalue weighted by Gasteiger charge is 2.31. The lowest BCUT2D eigenvalue weighted by molar-refractivity contribution is 1.14. The van der Waals surface area contributed by atoms with Crippen molar-refractivity contribution in [3.8, 4) is 67.5 Å². The Balaban J connectivity index is 1.24. The quantitative estimate of drug-likeness (QED) is 0.180. The van der Waals surface area contributed by atoms with Gasteiger partial charge in [0.05, 0.1) is 34.2 Å². The Labute approximate surface area is 314 Å². The van der Waals surface area contributed by atoms with Crippen LogP contribution in [0.5, 0.6) is 0 Å². The third kappa shape index (κ3) is 5.20. The maximum atomic E-state index is 9.52. The van der Waals surface area contributed by atoms with E-state index in [0.29, 0.717) is 5.56 Å². The summed E-state index contributed by atoms with van der Waals surface area (Å²) in [6.45, 7) is 0. The van der Waals surface area contributed by atoms with E-state index in [2.05, 4.69) is 198 Å². The molecule has 0 amide bonds. The summed E-state index contributed by atoms with van der Waals surface area (Å²) in [7, 11) is 0. The molecule has 0 radical (unpaired) electrons. The van der Waals surface area contributed by atoms with Crippen LogP contribution in [0.2, 0.25) is 0 Å². The molecule has 3 heteroatoms. The molecule has 0 saturated carbocycles. The Morgan fingerprint density at radius 3 is 1.63 bits per heavy atom. The molecule has 9 aromatic rings. The maximum absolute atomic E-state index is 9.52. The van der Waals surface area contributed by atoms with Crippen LogP contribution in [0.3, 0.4) is 0 Å². The largest absolute Gasteiger partial charge is 0.309 e. The second-order valence-electron chi connectivity index (χ2n) is 13.7. The van der Waals surface area contributed by atoms with Gasteiger partial charge in [-0.25, -0.2) is 0 Å². The SMILES string of the molecule is N#Cc1cccc(-c2ccc(N3c4ccccc4-c4c(n(-c5cc(-c6ccccc6)cc(-c6ccccc6)c5)c5ccccc45)-c4ccccc43)cc2)c1. The predicted molar refractivity (Wildman–Crippen MR) is 223 cm³/mol. The van der Waals surface area contributed by atoms with Crippen LogP contribution in [0.4, 0.5) is 17.1 Å². The predicted octanol–water partition coefficient (Wildman–Crippen LogP) is 13.6. The molecule has 3 nitrogen and oxygen atoms in total. The third-order valence-corrected chi connectivity index (χ3v) is 10.5. The molecule has 10 rings (SSSR count). The fourth-order valence-corrected chi connectivity index (χ4v) is 8.10. The molecule has 0 aliphatic carbocycles. The number of para-hydroxylation sites is 3. The average molecular weight is 688 g/mol. The minimum atomic E-state index is 0.655. The second kappa shape index (κ2) is 13.0. The second-order valence-corrected chi connectivity index (χ2v) is 13.7. The average Bonchev–Trinajstić information content (AvgIpc) is 3.53. The van der Waals surface area contributed by atoms with Crippen molar-refractivity contribution in [1.29, 1.82) is 5.26 Å². The Kier molecular flexibility index (Phi) is 7.53. The molecule has 54 heavy (non-hydrogen) atoms. The summed E-state index contributed by atoms with van der Waals surface area (Å²) >= 11 is 0. The smallest absolute Gasteiger partial charge is 0.0991 e. The van der Waals surface area contributed by atoms with Gasteiger partial charge in [0.2, 0.25) is 0 Å². The minimum absolute atomic E-state index is 0.655. The lowest BCUT2D eigenvalue weighted by Crippen LogP contribution is -2.11. The van der Waals surface area contributed by atoms with Crippen molar-refractivity contribution in [3.05, 3.63) is 206 Å². The molecule has 0 atom stereocenters. The zero-order valence-corrected chi connectivity index (χ0v) is 29.4. The Morgan fingerprint density at radius 1 is 0.389 bits per heavy atom. The summed E-state index contributed by atoms with van der Waals surface area (Å²) in [5.74, 6) is 0. The van der Waals surface area contributed by atoms with Crippen molar-refractivity contribution in [3.63, 3.8) is 0 Å². The molecular formula is C51H33N3. The number of hydrogen-bond acceptors (Lipinski definition) is 2. The normalized spacial score (nSPS) is 11.6. The Morgan fingerprint density at radius 2 is 0.944 bits per heavy atom. The monoisotopic (exact) mass is 687 g/mol. The first-order valence-electron chi connectivity index (χ1n) is 18.2. The molecule has 0 bridgehead atoms. The van der Waals surface area contributed by atoms with Crippen LogP contribution in [0, 0.1) is 11.3 Å². The summed E-state index contributed by atoms with van der Waals surface area (Å²) in [5, 5.41) is 10.7. The number of hydrogen-bond donors (Lipinski definition) is 0. The molecule has 0 fully saturated rings. The van der Waals surface area contributed by atoms with Gasteiger partial charge in [-0.3, -0.25) is 0 Å². The van der Waals surface area contributed by atoms with E-state index in [-0.39, 0.29) is 0 Å². The van der Waals surface area contributed by atoms with E-state index in [1.165, 1.54) is 38.8 Å². The zero-order chi connectivity index (χ0) is 36.0. The Hall–Kier alpha value is -7.41. The minimum Gasteiger partial charge on any atom is -0.309 e. The fraction of sp³-hybridized carbons (Fsp3) is 0. The van der Waals surface area contributed by atoms with Crippen molar-refractivity contribution in [2.24, 2.45) is 0 Å². The number of fused-ring (bicyclic) bond motifs is 7. The van der Waals surface area contributed by atoms with Crippen LogP contribution in [0.1, 0.15) is 5.56 Å². The first-order valence-corrected chi connectivity index (χ1v) is 18.2. The van der Waals surface area contributed by atoms with Crippen LogP contribution < -0.4 is 4.90 Å². The highest BCUT2D eigenvalue weighted by Crippen LogP contribution is 2.54. The van der Waals surface area contributed by atoms with Crippen LogP contribution >= 0.6 is 0 Å². The van der Waals surface area contributed by atoms with Crippen LogP contribution in [-0.2, 0) is 0 Å². The topological polar surface area (TPSA) is 32.0 Å². The van der Waals surface area contributed by atoms with Gasteiger partial charge >= 0.3 is 0 Å². The summed E-state index contributed by atoms with van der Waals surface area (Å²) in [4.78, 5) is 2.40. The van der Waals surface area contributed by atoms with E-state index >= 15 is 0 Å². The van der Waals surface area contributed by atoms with Crippen molar-refractivity contribution in [2.45, 2.75) is 0 Å². The first kappa shape index (κ1) is 31.3. The van der Waals surface area contributed by atoms with Crippen LogP contribution in [0.15, 0.2) is 200 Å². The number of anilines is 3. The highest BCUT2D eigenvalue weighted by atomic mass is 15.2. The van der Waals surface area contributed by atoms with Gasteiger partial charge in [0.1, 0.15) is 0 Å². The molecule has 1 aliphatic rings.